The van der Waals surface area contributed by atoms with E-state index < -0.39 is 0 Å². The van der Waals surface area contributed by atoms with E-state index in [0.29, 0.717) is 5.88 Å². The van der Waals surface area contributed by atoms with Crippen LogP contribution in [0.2, 0.25) is 0 Å². The van der Waals surface area contributed by atoms with Crippen molar-refractivity contribution in [3.05, 3.63) is 36.5 Å². The number of benzene rings is 1. The second-order valence-corrected chi connectivity index (χ2v) is 7.68. The van der Waals surface area contributed by atoms with Gasteiger partial charge < -0.3 is 15.0 Å². The van der Waals surface area contributed by atoms with E-state index in [0.717, 1.165) is 60.3 Å². The Kier molecular flexibility index (Phi) is 3.87. The number of amides is 1. The summed E-state index contributed by atoms with van der Waals surface area (Å²) in [6, 6.07) is 9.95. The lowest BCUT2D eigenvalue weighted by Gasteiger charge is -2.22. The van der Waals surface area contributed by atoms with Crippen molar-refractivity contribution in [2.75, 3.05) is 31.6 Å². The SMILES string of the molecule is COc1ccc(-c2nn(C)c3ccc(N4CC[C@]5(CCNC5)C4=O)cc23)cn1. The zero-order valence-corrected chi connectivity index (χ0v) is 16.1. The molecule has 5 rings (SSSR count). The van der Waals surface area contributed by atoms with Crippen LogP contribution in [0.3, 0.4) is 0 Å². The third-order valence-electron chi connectivity index (χ3n) is 6.12. The van der Waals surface area contributed by atoms with Crippen molar-refractivity contribution in [1.82, 2.24) is 20.1 Å². The van der Waals surface area contributed by atoms with Crippen molar-refractivity contribution >= 4 is 22.5 Å². The molecule has 0 radical (unpaired) electrons. The molecule has 1 spiro atoms. The number of anilines is 1. The van der Waals surface area contributed by atoms with Crippen LogP contribution in [0.25, 0.3) is 22.2 Å². The smallest absolute Gasteiger partial charge is 0.234 e. The van der Waals surface area contributed by atoms with Crippen LogP contribution >= 0.6 is 0 Å². The van der Waals surface area contributed by atoms with E-state index >= 15 is 0 Å². The normalized spacial score (nSPS) is 21.9. The highest BCUT2D eigenvalue weighted by molar-refractivity contribution is 6.03. The Bertz CT molecular complexity index is 1050. The summed E-state index contributed by atoms with van der Waals surface area (Å²) in [5.41, 5.74) is 3.54. The fraction of sp³-hybridized carbons (Fsp3) is 0.381. The molecule has 2 aliphatic heterocycles. The van der Waals surface area contributed by atoms with Gasteiger partial charge in [0.05, 0.1) is 18.0 Å². The fourth-order valence-electron chi connectivity index (χ4n) is 4.48. The summed E-state index contributed by atoms with van der Waals surface area (Å²) in [6.45, 7) is 2.49. The van der Waals surface area contributed by atoms with Gasteiger partial charge in [-0.15, -0.1) is 0 Å². The Balaban J connectivity index is 1.56. The van der Waals surface area contributed by atoms with Crippen LogP contribution in [0.5, 0.6) is 5.88 Å². The van der Waals surface area contributed by atoms with Crippen molar-refractivity contribution in [1.29, 1.82) is 0 Å². The summed E-state index contributed by atoms with van der Waals surface area (Å²) < 4.78 is 7.02. The summed E-state index contributed by atoms with van der Waals surface area (Å²) in [5, 5.41) is 9.07. The molecule has 0 saturated carbocycles. The van der Waals surface area contributed by atoms with Crippen LogP contribution in [0.1, 0.15) is 12.8 Å². The highest BCUT2D eigenvalue weighted by Gasteiger charge is 2.48. The minimum absolute atomic E-state index is 0.216. The molecule has 1 N–H and O–H groups in total. The van der Waals surface area contributed by atoms with Crippen LogP contribution in [0, 0.1) is 5.41 Å². The van der Waals surface area contributed by atoms with Gasteiger partial charge in [0.2, 0.25) is 11.8 Å². The Morgan fingerprint density at radius 3 is 2.82 bits per heavy atom. The topological polar surface area (TPSA) is 72.3 Å². The molecule has 4 heterocycles. The first kappa shape index (κ1) is 17.2. The van der Waals surface area contributed by atoms with E-state index in [4.69, 9.17) is 9.84 Å². The molecule has 0 bridgehead atoms. The van der Waals surface area contributed by atoms with Gasteiger partial charge in [0.15, 0.2) is 0 Å². The molecule has 1 atom stereocenters. The summed E-state index contributed by atoms with van der Waals surface area (Å²) >= 11 is 0. The third-order valence-corrected chi connectivity index (χ3v) is 6.12. The molecule has 2 aliphatic rings. The minimum atomic E-state index is -0.216. The fourth-order valence-corrected chi connectivity index (χ4v) is 4.48. The largest absolute Gasteiger partial charge is 0.481 e. The van der Waals surface area contributed by atoms with E-state index in [2.05, 4.69) is 16.4 Å². The maximum Gasteiger partial charge on any atom is 0.234 e. The number of nitrogens with zero attached hydrogens (tertiary/aromatic N) is 4. The standard InChI is InChI=1S/C21H23N5O2/c1-25-17-5-4-15(26-10-8-21(20(26)27)7-9-22-13-21)11-16(17)19(24-25)14-3-6-18(28-2)23-12-14/h3-6,11-12,22H,7-10,13H2,1-2H3/t21-/m0/s1. The molecule has 3 aromatic rings. The first-order valence-electron chi connectivity index (χ1n) is 9.61. The molecule has 0 unspecified atom stereocenters. The van der Waals surface area contributed by atoms with E-state index in [1.165, 1.54) is 0 Å². The van der Waals surface area contributed by atoms with E-state index in [1.807, 2.05) is 40.9 Å². The van der Waals surface area contributed by atoms with Crippen molar-refractivity contribution in [3.8, 4) is 17.1 Å². The van der Waals surface area contributed by atoms with Gasteiger partial charge in [-0.05, 0) is 43.7 Å². The molecule has 144 valence electrons. The lowest BCUT2D eigenvalue weighted by atomic mass is 9.86. The number of methoxy groups -OCH3 is 1. The van der Waals surface area contributed by atoms with Gasteiger partial charge in [0.1, 0.15) is 5.69 Å². The highest BCUT2D eigenvalue weighted by atomic mass is 16.5. The van der Waals surface area contributed by atoms with Gasteiger partial charge in [0, 0.05) is 49.0 Å². The van der Waals surface area contributed by atoms with Crippen LogP contribution in [0.4, 0.5) is 5.69 Å². The Hall–Kier alpha value is -2.93. The molecule has 28 heavy (non-hydrogen) atoms. The number of carbonyl (C=O) groups excluding carboxylic acids is 1. The average molecular weight is 377 g/mol. The predicted octanol–water partition coefficient (Wildman–Crippen LogP) is 2.36. The van der Waals surface area contributed by atoms with E-state index in [-0.39, 0.29) is 11.3 Å². The van der Waals surface area contributed by atoms with Crippen LogP contribution in [-0.4, -0.2) is 47.4 Å². The number of fused-ring (bicyclic) bond motifs is 1. The number of ether oxygens (including phenoxy) is 1. The Morgan fingerprint density at radius 1 is 1.21 bits per heavy atom. The number of hydrogen-bond acceptors (Lipinski definition) is 5. The van der Waals surface area contributed by atoms with Crippen molar-refractivity contribution in [3.63, 3.8) is 0 Å². The highest BCUT2D eigenvalue weighted by Crippen LogP contribution is 2.40. The molecule has 7 heteroatoms. The lowest BCUT2D eigenvalue weighted by molar-refractivity contribution is -0.124. The molecule has 2 saturated heterocycles. The first-order chi connectivity index (χ1) is 13.6. The number of aryl methyl sites for hydroxylation is 1. The number of nitrogens with one attached hydrogen (secondary N) is 1. The van der Waals surface area contributed by atoms with E-state index in [9.17, 15) is 4.79 Å². The zero-order chi connectivity index (χ0) is 19.3. The maximum atomic E-state index is 13.1. The quantitative estimate of drug-likeness (QED) is 0.759. The zero-order valence-electron chi connectivity index (χ0n) is 16.1. The molecule has 2 fully saturated rings. The van der Waals surface area contributed by atoms with Gasteiger partial charge in [-0.2, -0.15) is 5.10 Å². The van der Waals surface area contributed by atoms with Crippen LogP contribution in [0.15, 0.2) is 36.5 Å². The van der Waals surface area contributed by atoms with Gasteiger partial charge in [-0.3, -0.25) is 9.48 Å². The minimum Gasteiger partial charge on any atom is -0.481 e. The summed E-state index contributed by atoms with van der Waals surface area (Å²) in [6.07, 6.45) is 3.62. The van der Waals surface area contributed by atoms with Crippen LogP contribution < -0.4 is 15.0 Å². The predicted molar refractivity (Wildman–Crippen MR) is 107 cm³/mol. The van der Waals surface area contributed by atoms with Crippen molar-refractivity contribution in [2.45, 2.75) is 12.8 Å². The molecule has 1 aromatic carbocycles. The maximum absolute atomic E-state index is 13.1. The third kappa shape index (κ3) is 2.50. The van der Waals surface area contributed by atoms with Crippen molar-refractivity contribution < 1.29 is 9.53 Å². The van der Waals surface area contributed by atoms with Crippen molar-refractivity contribution in [2.24, 2.45) is 12.5 Å². The summed E-state index contributed by atoms with van der Waals surface area (Å²) in [5.74, 6) is 0.816. The summed E-state index contributed by atoms with van der Waals surface area (Å²) in [4.78, 5) is 19.4. The number of pyridine rings is 1. The second kappa shape index (κ2) is 6.31. The molecule has 2 aromatic heterocycles. The van der Waals surface area contributed by atoms with Gasteiger partial charge in [0.25, 0.3) is 0 Å². The molecular weight excluding hydrogens is 354 g/mol. The average Bonchev–Trinajstić information content (AvgIpc) is 3.42. The van der Waals surface area contributed by atoms with Gasteiger partial charge in [-0.25, -0.2) is 4.98 Å². The first-order valence-corrected chi connectivity index (χ1v) is 9.61. The second-order valence-electron chi connectivity index (χ2n) is 7.68. The molecule has 0 aliphatic carbocycles. The Labute approximate surface area is 163 Å². The van der Waals surface area contributed by atoms with Crippen LogP contribution in [-0.2, 0) is 11.8 Å². The van der Waals surface area contributed by atoms with E-state index in [1.54, 1.807) is 13.3 Å². The monoisotopic (exact) mass is 377 g/mol. The molecule has 1 amide bonds. The lowest BCUT2D eigenvalue weighted by Crippen LogP contribution is -2.36. The Morgan fingerprint density at radius 2 is 2.11 bits per heavy atom. The number of carbonyl (C=O) groups is 1. The molecule has 7 nitrogen and oxygen atoms in total. The van der Waals surface area contributed by atoms with Gasteiger partial charge >= 0.3 is 0 Å². The van der Waals surface area contributed by atoms with Gasteiger partial charge in [-0.1, -0.05) is 0 Å². The molecular formula is C21H23N5O2. The summed E-state index contributed by atoms with van der Waals surface area (Å²) in [7, 11) is 3.53. The number of rotatable bonds is 3. The number of hydrogen-bond donors (Lipinski definition) is 1. The number of aromatic nitrogens is 3.